The number of amides is 2. The second-order valence-electron chi connectivity index (χ2n) is 17.6. The number of aromatic nitrogens is 2. The Hall–Kier alpha value is -4.02. The van der Waals surface area contributed by atoms with Gasteiger partial charge < -0.3 is 24.4 Å². The van der Waals surface area contributed by atoms with E-state index in [1.165, 1.54) is 16.9 Å². The number of allylic oxidation sites excluding steroid dienone is 1. The fraction of sp³-hybridized carbons (Fsp3) is 0.533. The average molecular weight is 808 g/mol. The monoisotopic (exact) mass is 807 g/mol. The molecule has 10 nitrogen and oxygen atoms in total. The first-order valence-corrected chi connectivity index (χ1v) is 22.3. The third-order valence-electron chi connectivity index (χ3n) is 12.0. The zero-order chi connectivity index (χ0) is 40.2. The van der Waals surface area contributed by atoms with Crippen LogP contribution in [0.2, 0.25) is 0 Å². The number of thioether (sulfide) groups is 1. The summed E-state index contributed by atoms with van der Waals surface area (Å²) in [5.41, 5.74) is 2.19. The maximum atomic E-state index is 13.6. The highest BCUT2D eigenvalue weighted by molar-refractivity contribution is 8.00. The number of nitriles is 1. The highest BCUT2D eigenvalue weighted by Gasteiger charge is 2.40. The number of likely N-dealkylation sites (N-methyl/N-ethyl adjacent to an activating group) is 1. The van der Waals surface area contributed by atoms with Gasteiger partial charge in [-0.25, -0.2) is 9.97 Å². The van der Waals surface area contributed by atoms with E-state index in [0.29, 0.717) is 28.7 Å². The fourth-order valence-electron chi connectivity index (χ4n) is 8.45. The van der Waals surface area contributed by atoms with Gasteiger partial charge in [0, 0.05) is 36.4 Å². The highest BCUT2D eigenvalue weighted by Crippen LogP contribution is 2.42. The molecule has 0 spiro atoms. The molecule has 2 saturated heterocycles. The van der Waals surface area contributed by atoms with Crippen molar-refractivity contribution in [2.45, 2.75) is 100 Å². The molecule has 1 saturated carbocycles. The van der Waals surface area contributed by atoms with Crippen molar-refractivity contribution < 1.29 is 14.0 Å². The first kappa shape index (κ1) is 41.2. The molecule has 3 fully saturated rings. The van der Waals surface area contributed by atoms with Gasteiger partial charge >= 0.3 is 0 Å². The third kappa shape index (κ3) is 10.5. The van der Waals surface area contributed by atoms with Gasteiger partial charge in [0.05, 0.1) is 28.4 Å². The third-order valence-corrected chi connectivity index (χ3v) is 14.1. The Bertz CT molecular complexity index is 2000. The number of nitrogens with zero attached hydrogens (tertiary/aromatic N) is 6. The number of rotatable bonds is 13. The van der Waals surface area contributed by atoms with Crippen LogP contribution >= 0.6 is 23.1 Å². The number of piperidine rings is 2. The van der Waals surface area contributed by atoms with Crippen molar-refractivity contribution in [1.82, 2.24) is 24.7 Å². The number of hydrogen-bond donors (Lipinski definition) is 1. The average Bonchev–Trinajstić information content (AvgIpc) is 3.73. The zero-order valence-corrected chi connectivity index (χ0v) is 35.7. The molecule has 2 aromatic heterocycles. The molecular formula is C45H57N7O3S2. The quantitative estimate of drug-likeness (QED) is 0.103. The minimum Gasteiger partial charge on any atom is -0.444 e. The molecule has 2 unspecified atom stereocenters. The van der Waals surface area contributed by atoms with Gasteiger partial charge in [-0.15, -0.1) is 11.8 Å². The van der Waals surface area contributed by atoms with E-state index in [4.69, 9.17) is 4.42 Å². The number of anilines is 1. The van der Waals surface area contributed by atoms with Crippen LogP contribution in [0.15, 0.2) is 80.7 Å². The first-order valence-electron chi connectivity index (χ1n) is 20.5. The zero-order valence-electron chi connectivity index (χ0n) is 34.1. The van der Waals surface area contributed by atoms with Crippen molar-refractivity contribution in [3.05, 3.63) is 89.3 Å². The summed E-state index contributed by atoms with van der Waals surface area (Å²) in [6.45, 7) is 13.8. The van der Waals surface area contributed by atoms with Crippen molar-refractivity contribution in [2.24, 2.45) is 17.3 Å². The van der Waals surface area contributed by atoms with Crippen LogP contribution < -0.4 is 5.32 Å². The molecule has 2 aliphatic carbocycles. The van der Waals surface area contributed by atoms with E-state index in [2.05, 4.69) is 77.1 Å². The van der Waals surface area contributed by atoms with E-state index in [1.807, 2.05) is 49.8 Å². The van der Waals surface area contributed by atoms with Gasteiger partial charge in [0.1, 0.15) is 17.4 Å². The number of hydrogen-bond acceptors (Lipinski definition) is 10. The smallest absolute Gasteiger partial charge is 0.264 e. The summed E-state index contributed by atoms with van der Waals surface area (Å²) >= 11 is 3.13. The Labute approximate surface area is 346 Å². The van der Waals surface area contributed by atoms with Crippen molar-refractivity contribution in [3.63, 3.8) is 0 Å². The summed E-state index contributed by atoms with van der Waals surface area (Å²) in [6, 6.07) is 12.3. The summed E-state index contributed by atoms with van der Waals surface area (Å²) in [7, 11) is 1.86. The Morgan fingerprint density at radius 3 is 2.46 bits per heavy atom. The summed E-state index contributed by atoms with van der Waals surface area (Å²) < 4.78 is 6.94. The lowest BCUT2D eigenvalue weighted by atomic mass is 9.79. The van der Waals surface area contributed by atoms with Crippen LogP contribution in [0.25, 0.3) is 6.08 Å². The molecule has 1 aromatic carbocycles. The molecule has 4 heterocycles. The van der Waals surface area contributed by atoms with Crippen LogP contribution in [-0.4, -0.2) is 88.3 Å². The molecule has 7 rings (SSSR count). The van der Waals surface area contributed by atoms with Gasteiger partial charge in [-0.2, -0.15) is 5.26 Å². The van der Waals surface area contributed by atoms with Crippen molar-refractivity contribution >= 4 is 46.1 Å². The topological polar surface area (TPSA) is 119 Å². The molecule has 2 amide bonds. The Morgan fingerprint density at radius 2 is 1.82 bits per heavy atom. The Morgan fingerprint density at radius 1 is 1.09 bits per heavy atom. The number of carbonyl (C=O) groups excluding carboxylic acids is 2. The van der Waals surface area contributed by atoms with Crippen molar-refractivity contribution in [2.75, 3.05) is 45.1 Å². The Kier molecular flexibility index (Phi) is 12.9. The SMILES string of the molecule is CN(C(=O)/C(C#N)=C/c1ccccc1)C(C1=CCC(C)(CN2CCC(N3CCC(C(=O)Nc4ncc(SCc5ncc(C(C)(C)C)o5)s4)CC3)CC2)C=C1)C1CC1. The fourth-order valence-corrected chi connectivity index (χ4v) is 10.2. The number of likely N-dealkylation sites (tertiary alicyclic amines) is 2. The van der Waals surface area contributed by atoms with Gasteiger partial charge in [0.15, 0.2) is 5.13 Å². The molecule has 12 heteroatoms. The molecular weight excluding hydrogens is 751 g/mol. The summed E-state index contributed by atoms with van der Waals surface area (Å²) in [5.74, 6) is 2.52. The number of carbonyl (C=O) groups is 2. The van der Waals surface area contributed by atoms with E-state index in [1.54, 1.807) is 22.7 Å². The Balaban J connectivity index is 0.832. The lowest BCUT2D eigenvalue weighted by molar-refractivity contribution is -0.127. The molecule has 57 heavy (non-hydrogen) atoms. The van der Waals surface area contributed by atoms with Crippen molar-refractivity contribution in [1.29, 1.82) is 5.26 Å². The molecule has 302 valence electrons. The van der Waals surface area contributed by atoms with E-state index < -0.39 is 0 Å². The predicted molar refractivity (Wildman–Crippen MR) is 229 cm³/mol. The number of oxazole rings is 1. The van der Waals surface area contributed by atoms with Crippen LogP contribution in [0.1, 0.15) is 89.9 Å². The van der Waals surface area contributed by atoms with E-state index in [0.717, 1.165) is 93.2 Å². The van der Waals surface area contributed by atoms with Crippen LogP contribution in [0.3, 0.4) is 0 Å². The molecule has 0 radical (unpaired) electrons. The van der Waals surface area contributed by atoms with E-state index in [9.17, 15) is 14.9 Å². The number of thiazole rings is 1. The maximum Gasteiger partial charge on any atom is 0.264 e. The molecule has 2 atom stereocenters. The van der Waals surface area contributed by atoms with Crippen LogP contribution in [0.4, 0.5) is 5.13 Å². The summed E-state index contributed by atoms with van der Waals surface area (Å²) in [4.78, 5) is 42.7. The second kappa shape index (κ2) is 17.9. The van der Waals surface area contributed by atoms with Crippen molar-refractivity contribution in [3.8, 4) is 6.07 Å². The molecule has 4 aliphatic rings. The normalized spacial score (nSPS) is 22.2. The number of nitrogens with one attached hydrogen (secondary N) is 1. The standard InChI is InChI=1S/C45H57N7O3S2/c1-44(2,3)37-27-47-38(55-37)29-56-39-28-48-43(57-39)49-41(53)34-15-23-52(24-16-34)36-17-21-51(22-18-36)30-45(4)19-13-33(14-20-45)40(32-11-12-32)50(5)42(54)35(26-46)25-31-9-7-6-8-10-31/h6-10,13-14,19,25,27-28,32,34,36,40H,11-12,15-18,20-24,29-30H2,1-5H3,(H,48,49,53)/b35-25+. The number of benzene rings is 1. The minimum atomic E-state index is -0.217. The second-order valence-corrected chi connectivity index (χ2v) is 19.9. The van der Waals surface area contributed by atoms with Crippen LogP contribution in [0.5, 0.6) is 0 Å². The van der Waals surface area contributed by atoms with Gasteiger partial charge in [0.2, 0.25) is 11.8 Å². The summed E-state index contributed by atoms with van der Waals surface area (Å²) in [6.07, 6.45) is 19.5. The van der Waals surface area contributed by atoms with E-state index in [-0.39, 0.29) is 40.2 Å². The van der Waals surface area contributed by atoms with E-state index >= 15 is 0 Å². The van der Waals surface area contributed by atoms with Gasteiger partial charge in [0.25, 0.3) is 5.91 Å². The van der Waals surface area contributed by atoms with Crippen LogP contribution in [0, 0.1) is 28.6 Å². The highest BCUT2D eigenvalue weighted by atomic mass is 32.2. The lowest BCUT2D eigenvalue weighted by Gasteiger charge is -2.43. The molecule has 3 aromatic rings. The molecule has 0 bridgehead atoms. The predicted octanol–water partition coefficient (Wildman–Crippen LogP) is 8.57. The van der Waals surface area contributed by atoms with Crippen LogP contribution in [-0.2, 0) is 20.8 Å². The van der Waals surface area contributed by atoms with Gasteiger partial charge in [-0.05, 0) is 94.3 Å². The molecule has 1 N–H and O–H groups in total. The minimum absolute atomic E-state index is 0.0111. The lowest BCUT2D eigenvalue weighted by Crippen LogP contribution is -2.50. The first-order chi connectivity index (χ1) is 27.4. The summed E-state index contributed by atoms with van der Waals surface area (Å²) in [5, 5.41) is 13.6. The van der Waals surface area contributed by atoms with Gasteiger partial charge in [-0.3, -0.25) is 9.59 Å². The maximum absolute atomic E-state index is 13.6. The largest absolute Gasteiger partial charge is 0.444 e. The van der Waals surface area contributed by atoms with Gasteiger partial charge in [-0.1, -0.05) is 87.6 Å². The molecule has 2 aliphatic heterocycles.